The summed E-state index contributed by atoms with van der Waals surface area (Å²) in [5.41, 5.74) is 1.27. The number of ketones is 3. The zero-order valence-corrected chi connectivity index (χ0v) is 39.7. The SMILES string of the molecule is CO[C@H]1C[C@@H]2CC[C@@H](C)[C@@](O)(O2)C(=O)C(=O)N2CCCCC2C(=O)O[C@H]([C@H](C)C[C@@H]2CC[C@@H](O)[C@H](OC)C2)CC(=O)C/C=C(\C)[C@@H](O)[C@@H](OC)C(=O)[C@H](C)C[C@H](C)/C=C/C=CC=C1C. The van der Waals surface area contributed by atoms with E-state index in [-0.39, 0.29) is 61.2 Å². The highest BCUT2D eigenvalue weighted by Gasteiger charge is 2.53. The van der Waals surface area contributed by atoms with E-state index < -0.39 is 77.9 Å². The monoisotopic (exact) mass is 900 g/mol. The molecule has 2 saturated heterocycles. The van der Waals surface area contributed by atoms with Gasteiger partial charge in [-0.05, 0) is 107 Å². The molecule has 0 aromatic heterocycles. The minimum Gasteiger partial charge on any atom is -0.460 e. The second-order valence-corrected chi connectivity index (χ2v) is 19.1. The van der Waals surface area contributed by atoms with Crippen LogP contribution in [0.5, 0.6) is 0 Å². The lowest BCUT2D eigenvalue weighted by atomic mass is 9.78. The number of cyclic esters (lactones) is 1. The average Bonchev–Trinajstić information content (AvgIpc) is 3.27. The van der Waals surface area contributed by atoms with Gasteiger partial charge in [0.1, 0.15) is 30.1 Å². The van der Waals surface area contributed by atoms with E-state index in [2.05, 4.69) is 0 Å². The molecule has 3 fully saturated rings. The Bertz CT molecular complexity index is 1720. The van der Waals surface area contributed by atoms with Gasteiger partial charge in [-0.2, -0.15) is 0 Å². The third-order valence-electron chi connectivity index (χ3n) is 14.1. The lowest BCUT2D eigenvalue weighted by Crippen LogP contribution is -2.61. The molecule has 64 heavy (non-hydrogen) atoms. The molecule has 14 atom stereocenters. The molecular formula is C50H77NO13. The molecule has 1 amide bonds. The molecule has 0 aromatic rings. The topological polar surface area (TPSA) is 195 Å². The van der Waals surface area contributed by atoms with Crippen LogP contribution >= 0.6 is 0 Å². The standard InChI is InChI=1S/C50H77NO13/c1-30-15-11-10-12-16-31(2)41(60-7)29-38-22-19-35(6)50(59,64-38)47(56)48(57)51-24-14-13-17-39(51)49(58)63-42(33(4)26-36-20-23-40(53)43(27-36)61-8)28-37(52)21-18-32(3)44(54)46(62-9)45(55)34(5)25-30/h10-12,15-16,18,30,33-36,38-44,46,53-54,59H,13-14,17,19-29H2,1-9H3/b12-10?,15-11+,31-16?,32-18+/t30-,33-,34-,35-,36+,38+,39?,40-,41+,42+,43-,44-,46-,50-/m1/s1. The van der Waals surface area contributed by atoms with Crippen molar-refractivity contribution in [2.75, 3.05) is 27.9 Å². The van der Waals surface area contributed by atoms with Crippen LogP contribution in [0.25, 0.3) is 0 Å². The summed E-state index contributed by atoms with van der Waals surface area (Å²) in [5, 5.41) is 33.7. The Morgan fingerprint density at radius 3 is 2.28 bits per heavy atom. The van der Waals surface area contributed by atoms with Crippen molar-refractivity contribution in [1.82, 2.24) is 4.90 Å². The molecule has 3 aliphatic heterocycles. The van der Waals surface area contributed by atoms with E-state index in [9.17, 15) is 39.3 Å². The molecule has 0 radical (unpaired) electrons. The van der Waals surface area contributed by atoms with E-state index in [1.54, 1.807) is 34.1 Å². The first-order valence-electron chi connectivity index (χ1n) is 23.5. The number of carbonyl (C=O) groups excluding carboxylic acids is 5. The summed E-state index contributed by atoms with van der Waals surface area (Å²) in [5.74, 6) is -7.18. The molecule has 0 spiro atoms. The van der Waals surface area contributed by atoms with E-state index in [0.29, 0.717) is 63.4 Å². The minimum absolute atomic E-state index is 0.0239. The largest absolute Gasteiger partial charge is 0.460 e. The van der Waals surface area contributed by atoms with Gasteiger partial charge in [-0.25, -0.2) is 4.79 Å². The van der Waals surface area contributed by atoms with Crippen LogP contribution in [0.3, 0.4) is 0 Å². The Morgan fingerprint density at radius 1 is 0.859 bits per heavy atom. The molecule has 1 saturated carbocycles. The van der Waals surface area contributed by atoms with Gasteiger partial charge in [-0.3, -0.25) is 19.2 Å². The van der Waals surface area contributed by atoms with E-state index >= 15 is 0 Å². The predicted octanol–water partition coefficient (Wildman–Crippen LogP) is 5.93. The van der Waals surface area contributed by atoms with Gasteiger partial charge in [-0.15, -0.1) is 0 Å². The Balaban J connectivity index is 1.68. The normalized spacial score (nSPS) is 38.4. The summed E-state index contributed by atoms with van der Waals surface area (Å²) in [6, 6.07) is -1.13. The van der Waals surface area contributed by atoms with Crippen molar-refractivity contribution in [3.63, 3.8) is 0 Å². The number of allylic oxidation sites excluding steroid dienone is 6. The Labute approximate surface area is 380 Å². The number of ether oxygens (including phenoxy) is 5. The summed E-state index contributed by atoms with van der Waals surface area (Å²) in [6.45, 7) is 11.0. The molecule has 14 nitrogen and oxygen atoms in total. The van der Waals surface area contributed by atoms with Gasteiger partial charge in [0.05, 0.1) is 24.4 Å². The lowest BCUT2D eigenvalue weighted by Gasteiger charge is -2.42. The third kappa shape index (κ3) is 14.1. The summed E-state index contributed by atoms with van der Waals surface area (Å²) >= 11 is 0. The number of nitrogens with zero attached hydrogens (tertiary/aromatic N) is 1. The van der Waals surface area contributed by atoms with Gasteiger partial charge >= 0.3 is 5.97 Å². The van der Waals surface area contributed by atoms with Crippen molar-refractivity contribution in [2.45, 2.75) is 180 Å². The molecule has 2 bridgehead atoms. The Kier molecular flexibility index (Phi) is 20.8. The number of piperidine rings is 1. The molecule has 1 aliphatic carbocycles. The van der Waals surface area contributed by atoms with E-state index in [4.69, 9.17) is 23.7 Å². The van der Waals surface area contributed by atoms with Crippen LogP contribution in [0.1, 0.15) is 125 Å². The molecule has 1 unspecified atom stereocenters. The highest BCUT2D eigenvalue weighted by Crippen LogP contribution is 2.37. The second kappa shape index (κ2) is 25.0. The van der Waals surface area contributed by atoms with Crippen molar-refractivity contribution in [3.05, 3.63) is 47.6 Å². The second-order valence-electron chi connectivity index (χ2n) is 19.1. The molecule has 3 N–H and O–H groups in total. The molecule has 4 aliphatic rings. The number of esters is 1. The fourth-order valence-corrected chi connectivity index (χ4v) is 9.85. The predicted molar refractivity (Wildman–Crippen MR) is 241 cm³/mol. The number of rotatable bonds is 6. The van der Waals surface area contributed by atoms with Crippen LogP contribution in [0.15, 0.2) is 47.6 Å². The van der Waals surface area contributed by atoms with Gasteiger partial charge in [0, 0.05) is 59.0 Å². The summed E-state index contributed by atoms with van der Waals surface area (Å²) in [6.07, 6.45) is 11.1. The highest BCUT2D eigenvalue weighted by atomic mass is 16.6. The molecular weight excluding hydrogens is 823 g/mol. The average molecular weight is 900 g/mol. The Morgan fingerprint density at radius 2 is 1.59 bits per heavy atom. The smallest absolute Gasteiger partial charge is 0.329 e. The number of Topliss-reactive ketones (excluding diaryl/α,β-unsaturated/α-hetero) is 3. The number of hydrogen-bond acceptors (Lipinski definition) is 13. The number of fused-ring (bicyclic) bond motifs is 3. The zero-order valence-electron chi connectivity index (χ0n) is 39.7. The van der Waals surface area contributed by atoms with Gasteiger partial charge in [0.2, 0.25) is 5.79 Å². The number of amides is 1. The first kappa shape index (κ1) is 53.2. The molecule has 360 valence electrons. The highest BCUT2D eigenvalue weighted by molar-refractivity contribution is 6.39. The van der Waals surface area contributed by atoms with E-state index in [1.165, 1.54) is 12.0 Å². The van der Waals surface area contributed by atoms with Crippen molar-refractivity contribution < 1.29 is 63.0 Å². The molecule has 3 heterocycles. The fourth-order valence-electron chi connectivity index (χ4n) is 9.85. The van der Waals surface area contributed by atoms with Gasteiger partial charge in [0.25, 0.3) is 11.7 Å². The summed E-state index contributed by atoms with van der Waals surface area (Å²) in [4.78, 5) is 71.2. The quantitative estimate of drug-likeness (QED) is 0.161. The number of hydrogen-bond donors (Lipinski definition) is 3. The van der Waals surface area contributed by atoms with Crippen molar-refractivity contribution in [1.29, 1.82) is 0 Å². The number of aliphatic hydroxyl groups is 3. The van der Waals surface area contributed by atoms with E-state index in [1.807, 2.05) is 58.1 Å². The van der Waals surface area contributed by atoms with E-state index in [0.717, 1.165) is 12.0 Å². The van der Waals surface area contributed by atoms with Crippen LogP contribution in [-0.4, -0.2) is 132 Å². The van der Waals surface area contributed by atoms with Crippen LogP contribution in [0.2, 0.25) is 0 Å². The summed E-state index contributed by atoms with van der Waals surface area (Å²) < 4.78 is 29.2. The lowest BCUT2D eigenvalue weighted by molar-refractivity contribution is -0.265. The fraction of sp³-hybridized carbons (Fsp3) is 0.740. The molecule has 14 heteroatoms. The maximum Gasteiger partial charge on any atom is 0.329 e. The Hall–Kier alpha value is -3.37. The van der Waals surface area contributed by atoms with Gasteiger partial charge in [-0.1, -0.05) is 64.2 Å². The number of methoxy groups -OCH3 is 3. The first-order chi connectivity index (χ1) is 30.3. The number of carbonyl (C=O) groups is 5. The van der Waals surface area contributed by atoms with Gasteiger partial charge in [0.15, 0.2) is 5.78 Å². The molecule has 0 aromatic carbocycles. The van der Waals surface area contributed by atoms with Crippen LogP contribution in [-0.2, 0) is 47.7 Å². The van der Waals surface area contributed by atoms with Crippen molar-refractivity contribution >= 4 is 29.2 Å². The zero-order chi connectivity index (χ0) is 47.3. The van der Waals surface area contributed by atoms with Gasteiger partial charge < -0.3 is 43.9 Å². The first-order valence-corrected chi connectivity index (χ1v) is 23.5. The maximum absolute atomic E-state index is 14.3. The van der Waals surface area contributed by atoms with Crippen LogP contribution in [0.4, 0.5) is 0 Å². The van der Waals surface area contributed by atoms with Crippen molar-refractivity contribution in [3.8, 4) is 0 Å². The summed E-state index contributed by atoms with van der Waals surface area (Å²) in [7, 11) is 4.51. The van der Waals surface area contributed by atoms with Crippen molar-refractivity contribution in [2.24, 2.45) is 29.6 Å². The maximum atomic E-state index is 14.3. The van der Waals surface area contributed by atoms with Crippen LogP contribution in [0, 0.1) is 29.6 Å². The molecule has 4 rings (SSSR count). The number of aliphatic hydroxyl groups excluding tert-OH is 2. The minimum atomic E-state index is -2.42. The van der Waals surface area contributed by atoms with Crippen LogP contribution < -0.4 is 0 Å². The third-order valence-corrected chi connectivity index (χ3v) is 14.1.